The first-order valence-corrected chi connectivity index (χ1v) is 12.3. The lowest BCUT2D eigenvalue weighted by atomic mass is 9.83. The third kappa shape index (κ3) is 3.10. The highest BCUT2D eigenvalue weighted by molar-refractivity contribution is 7.14. The Hall–Kier alpha value is -3.47. The summed E-state index contributed by atoms with van der Waals surface area (Å²) in [5.74, 6) is -1.94. The molecule has 4 heterocycles. The number of aliphatic hydroxyl groups is 1. The molecule has 3 aromatic rings. The van der Waals surface area contributed by atoms with Crippen LogP contribution in [-0.4, -0.2) is 62.4 Å². The summed E-state index contributed by atoms with van der Waals surface area (Å²) in [6, 6.07) is 6.22. The number of amides is 4. The van der Waals surface area contributed by atoms with E-state index < -0.39 is 29.2 Å². The third-order valence-electron chi connectivity index (χ3n) is 7.24. The maximum Gasteiger partial charge on any atom is 0.276 e. The summed E-state index contributed by atoms with van der Waals surface area (Å²) in [7, 11) is 0. The SMILES string of the molecule is CC(C)(O)C1CCN(N2C(=O)c3ccc4c5c(ccc(c35)C2=O)C(=O)N(c2nccs2)C4=O)CC1. The van der Waals surface area contributed by atoms with Crippen LogP contribution in [0.25, 0.3) is 10.8 Å². The highest BCUT2D eigenvalue weighted by Crippen LogP contribution is 2.40. The van der Waals surface area contributed by atoms with Crippen LogP contribution in [0.4, 0.5) is 5.13 Å². The van der Waals surface area contributed by atoms with Crippen molar-refractivity contribution >= 4 is 50.9 Å². The van der Waals surface area contributed by atoms with Gasteiger partial charge in [0.15, 0.2) is 5.13 Å². The Morgan fingerprint density at radius 2 is 1.34 bits per heavy atom. The van der Waals surface area contributed by atoms with Gasteiger partial charge in [0.05, 0.1) is 16.7 Å². The number of hydrogen-bond acceptors (Lipinski definition) is 8. The average Bonchev–Trinajstić information content (AvgIpc) is 3.35. The summed E-state index contributed by atoms with van der Waals surface area (Å²) >= 11 is 1.18. The maximum absolute atomic E-state index is 13.6. The molecule has 9 nitrogen and oxygen atoms in total. The number of anilines is 1. The van der Waals surface area contributed by atoms with E-state index in [0.717, 1.165) is 4.90 Å². The lowest BCUT2D eigenvalue weighted by Gasteiger charge is -2.42. The Bertz CT molecular complexity index is 1360. The number of piperidine rings is 1. The lowest BCUT2D eigenvalue weighted by molar-refractivity contribution is -0.0541. The number of hydrogen-bond donors (Lipinski definition) is 1. The van der Waals surface area contributed by atoms with Crippen LogP contribution in [0, 0.1) is 5.92 Å². The number of hydrazine groups is 1. The van der Waals surface area contributed by atoms with Gasteiger partial charge in [0.2, 0.25) is 0 Å². The molecule has 1 aromatic heterocycles. The zero-order chi connectivity index (χ0) is 24.6. The van der Waals surface area contributed by atoms with Gasteiger partial charge in [-0.3, -0.25) is 19.2 Å². The fourth-order valence-corrected chi connectivity index (χ4v) is 6.03. The second kappa shape index (κ2) is 7.51. The molecule has 3 aliphatic heterocycles. The summed E-state index contributed by atoms with van der Waals surface area (Å²) in [4.78, 5) is 58.9. The molecule has 0 unspecified atom stereocenters. The molecule has 1 N–H and O–H groups in total. The van der Waals surface area contributed by atoms with Crippen molar-refractivity contribution in [3.63, 3.8) is 0 Å². The van der Waals surface area contributed by atoms with Gasteiger partial charge < -0.3 is 5.11 Å². The van der Waals surface area contributed by atoms with Gasteiger partial charge >= 0.3 is 0 Å². The minimum atomic E-state index is -0.827. The number of carbonyl (C=O) groups excluding carboxylic acids is 4. The first-order valence-electron chi connectivity index (χ1n) is 11.4. The van der Waals surface area contributed by atoms with Gasteiger partial charge in [-0.1, -0.05) is 0 Å². The topological polar surface area (TPSA) is 111 Å². The Kier molecular flexibility index (Phi) is 4.73. The number of nitrogens with zero attached hydrogens (tertiary/aromatic N) is 4. The largest absolute Gasteiger partial charge is 0.390 e. The number of benzene rings is 2. The fraction of sp³-hybridized carbons (Fsp3) is 0.320. The minimum absolute atomic E-state index is 0.0743. The summed E-state index contributed by atoms with van der Waals surface area (Å²) in [6.45, 7) is 4.47. The number of thiazole rings is 1. The molecule has 0 radical (unpaired) electrons. The van der Waals surface area contributed by atoms with Crippen LogP contribution in [0.5, 0.6) is 0 Å². The normalized spacial score (nSPS) is 19.3. The zero-order valence-corrected chi connectivity index (χ0v) is 20.0. The molecule has 1 fully saturated rings. The van der Waals surface area contributed by atoms with Crippen LogP contribution in [-0.2, 0) is 0 Å². The first kappa shape index (κ1) is 22.0. The van der Waals surface area contributed by atoms with Crippen LogP contribution < -0.4 is 4.90 Å². The summed E-state index contributed by atoms with van der Waals surface area (Å²) in [6.07, 6.45) is 2.82. The predicted molar refractivity (Wildman–Crippen MR) is 128 cm³/mol. The standard InChI is InChI=1S/C25H22N4O5S/c1-25(2,34)13-7-10-27(11-8-13)29-22(32)16-5-3-14-18-15(4-6-17(19(16)18)23(29)33)21(31)28(20(14)30)24-26-9-12-35-24/h3-6,9,12-13,34H,7-8,10-11H2,1-2H3. The van der Waals surface area contributed by atoms with E-state index in [-0.39, 0.29) is 33.3 Å². The Labute approximate surface area is 204 Å². The van der Waals surface area contributed by atoms with Gasteiger partial charge in [-0.15, -0.1) is 11.3 Å². The van der Waals surface area contributed by atoms with Crippen LogP contribution in [0.1, 0.15) is 68.1 Å². The zero-order valence-electron chi connectivity index (χ0n) is 19.1. The van der Waals surface area contributed by atoms with Crippen molar-refractivity contribution in [1.82, 2.24) is 15.0 Å². The van der Waals surface area contributed by atoms with Gasteiger partial charge in [0.1, 0.15) is 0 Å². The van der Waals surface area contributed by atoms with E-state index in [0.29, 0.717) is 36.7 Å². The Balaban J connectivity index is 1.42. The van der Waals surface area contributed by atoms with E-state index in [1.807, 2.05) is 0 Å². The monoisotopic (exact) mass is 490 g/mol. The van der Waals surface area contributed by atoms with Gasteiger partial charge in [0.25, 0.3) is 23.6 Å². The van der Waals surface area contributed by atoms with E-state index in [9.17, 15) is 24.3 Å². The number of imide groups is 2. The predicted octanol–water partition coefficient (Wildman–Crippen LogP) is 3.09. The molecule has 2 aromatic carbocycles. The molecule has 35 heavy (non-hydrogen) atoms. The van der Waals surface area contributed by atoms with Crippen LogP contribution >= 0.6 is 11.3 Å². The smallest absolute Gasteiger partial charge is 0.276 e. The molecule has 0 spiro atoms. The third-order valence-corrected chi connectivity index (χ3v) is 7.99. The molecule has 0 aliphatic carbocycles. The highest BCUT2D eigenvalue weighted by Gasteiger charge is 2.43. The second-order valence-electron chi connectivity index (χ2n) is 9.64. The van der Waals surface area contributed by atoms with E-state index in [4.69, 9.17) is 0 Å². The fourth-order valence-electron chi connectivity index (χ4n) is 5.39. The van der Waals surface area contributed by atoms with Gasteiger partial charge in [-0.2, -0.15) is 0 Å². The van der Waals surface area contributed by atoms with E-state index in [2.05, 4.69) is 4.98 Å². The average molecular weight is 491 g/mol. The van der Waals surface area contributed by atoms with Gasteiger partial charge in [0, 0.05) is 46.6 Å². The van der Waals surface area contributed by atoms with E-state index in [1.54, 1.807) is 48.5 Å². The Morgan fingerprint density at radius 3 is 1.77 bits per heavy atom. The van der Waals surface area contributed by atoms with Crippen LogP contribution in [0.15, 0.2) is 35.8 Å². The molecular weight excluding hydrogens is 468 g/mol. The molecule has 0 bridgehead atoms. The molecule has 6 rings (SSSR count). The molecule has 0 atom stereocenters. The molecule has 0 saturated carbocycles. The van der Waals surface area contributed by atoms with Crippen molar-refractivity contribution in [3.05, 3.63) is 58.1 Å². The molecular formula is C25H22N4O5S. The van der Waals surface area contributed by atoms with Gasteiger partial charge in [-0.25, -0.2) is 19.9 Å². The highest BCUT2D eigenvalue weighted by atomic mass is 32.1. The van der Waals surface area contributed by atoms with Crippen molar-refractivity contribution in [1.29, 1.82) is 0 Å². The van der Waals surface area contributed by atoms with Crippen molar-refractivity contribution in [2.24, 2.45) is 5.92 Å². The van der Waals surface area contributed by atoms with Crippen molar-refractivity contribution in [2.45, 2.75) is 32.3 Å². The summed E-state index contributed by atoms with van der Waals surface area (Å²) < 4.78 is 0. The number of carbonyl (C=O) groups is 4. The first-order chi connectivity index (χ1) is 16.7. The van der Waals surface area contributed by atoms with Crippen LogP contribution in [0.3, 0.4) is 0 Å². The maximum atomic E-state index is 13.6. The quantitative estimate of drug-likeness (QED) is 0.562. The minimum Gasteiger partial charge on any atom is -0.390 e. The Morgan fingerprint density at radius 1 is 0.857 bits per heavy atom. The molecule has 10 heteroatoms. The van der Waals surface area contributed by atoms with Crippen molar-refractivity contribution in [3.8, 4) is 0 Å². The number of rotatable bonds is 3. The molecule has 1 saturated heterocycles. The molecule has 178 valence electrons. The van der Waals surface area contributed by atoms with Crippen molar-refractivity contribution < 1.29 is 24.3 Å². The number of aromatic nitrogens is 1. The van der Waals surface area contributed by atoms with Gasteiger partial charge in [-0.05, 0) is 56.9 Å². The summed E-state index contributed by atoms with van der Waals surface area (Å²) in [5.41, 5.74) is 0.263. The molecule has 3 aliphatic rings. The van der Waals surface area contributed by atoms with Crippen LogP contribution in [0.2, 0.25) is 0 Å². The summed E-state index contributed by atoms with van der Waals surface area (Å²) in [5, 5.41) is 15.9. The van der Waals surface area contributed by atoms with E-state index in [1.165, 1.54) is 22.5 Å². The second-order valence-corrected chi connectivity index (χ2v) is 10.5. The molecule has 4 amide bonds. The van der Waals surface area contributed by atoms with E-state index >= 15 is 0 Å². The van der Waals surface area contributed by atoms with Crippen molar-refractivity contribution in [2.75, 3.05) is 18.0 Å². The lowest BCUT2D eigenvalue weighted by Crippen LogP contribution is -2.55.